The van der Waals surface area contributed by atoms with Crippen molar-refractivity contribution in [3.63, 3.8) is 0 Å². The number of hydrogen-bond donors (Lipinski definition) is 1. The molecule has 0 saturated carbocycles. The molecule has 0 atom stereocenters. The number of aromatic nitrogens is 1. The minimum atomic E-state index is -0.455. The molecule has 0 unspecified atom stereocenters. The molecule has 0 aliphatic rings. The second kappa shape index (κ2) is 6.64. The van der Waals surface area contributed by atoms with Crippen LogP contribution in [0.4, 0.5) is 5.69 Å². The van der Waals surface area contributed by atoms with Crippen molar-refractivity contribution in [2.75, 3.05) is 0 Å². The Morgan fingerprint density at radius 2 is 2.14 bits per heavy atom. The first-order chi connectivity index (χ1) is 10.0. The molecule has 110 valence electrons. The molecule has 1 aromatic carbocycles. The highest BCUT2D eigenvalue weighted by Gasteiger charge is 2.15. The topological polar surface area (TPSA) is 85.5 Å². The molecule has 21 heavy (non-hydrogen) atoms. The van der Waals surface area contributed by atoms with E-state index < -0.39 is 4.92 Å². The van der Waals surface area contributed by atoms with Gasteiger partial charge < -0.3 is 9.84 Å². The maximum Gasteiger partial charge on any atom is 0.277 e. The number of aliphatic hydroxyl groups is 1. The van der Waals surface area contributed by atoms with Gasteiger partial charge in [0.1, 0.15) is 18.1 Å². The lowest BCUT2D eigenvalue weighted by atomic mass is 10.2. The summed E-state index contributed by atoms with van der Waals surface area (Å²) in [7, 11) is 0. The Labute approximate surface area is 129 Å². The van der Waals surface area contributed by atoms with Crippen molar-refractivity contribution >= 4 is 21.6 Å². The largest absolute Gasteiger partial charge is 0.487 e. The molecule has 2 rings (SSSR count). The zero-order valence-electron chi connectivity index (χ0n) is 11.2. The van der Waals surface area contributed by atoms with Crippen LogP contribution in [0.2, 0.25) is 0 Å². The number of ether oxygens (including phenoxy) is 1. The van der Waals surface area contributed by atoms with E-state index in [4.69, 9.17) is 4.74 Å². The van der Waals surface area contributed by atoms with Crippen molar-refractivity contribution < 1.29 is 14.8 Å². The van der Waals surface area contributed by atoms with Gasteiger partial charge in [-0.25, -0.2) is 0 Å². The molecule has 2 aromatic rings. The van der Waals surface area contributed by atoms with Crippen LogP contribution in [0.3, 0.4) is 0 Å². The molecule has 0 bridgehead atoms. The second-order valence-corrected chi connectivity index (χ2v) is 5.29. The van der Waals surface area contributed by atoms with E-state index in [0.717, 1.165) is 5.69 Å². The van der Waals surface area contributed by atoms with Gasteiger partial charge in [0.15, 0.2) is 0 Å². The van der Waals surface area contributed by atoms with E-state index in [-0.39, 0.29) is 18.9 Å². The molecule has 0 radical (unpaired) electrons. The van der Waals surface area contributed by atoms with E-state index in [1.54, 1.807) is 24.3 Å². The zero-order valence-corrected chi connectivity index (χ0v) is 12.8. The molecule has 0 fully saturated rings. The van der Waals surface area contributed by atoms with Crippen molar-refractivity contribution in [3.05, 3.63) is 61.9 Å². The normalized spacial score (nSPS) is 10.4. The fraction of sp³-hybridized carbons (Fsp3) is 0.214. The Balaban J connectivity index is 2.22. The number of hydrogen-bond acceptors (Lipinski definition) is 5. The van der Waals surface area contributed by atoms with Gasteiger partial charge in [-0.3, -0.25) is 15.1 Å². The number of pyridine rings is 1. The highest BCUT2D eigenvalue weighted by Crippen LogP contribution is 2.26. The average Bonchev–Trinajstić information content (AvgIpc) is 2.46. The Kier molecular flexibility index (Phi) is 4.87. The van der Waals surface area contributed by atoms with Gasteiger partial charge in [0, 0.05) is 16.2 Å². The molecule has 1 heterocycles. The van der Waals surface area contributed by atoms with E-state index in [1.165, 1.54) is 6.07 Å². The van der Waals surface area contributed by atoms with Crippen LogP contribution in [0.5, 0.6) is 5.75 Å². The van der Waals surface area contributed by atoms with Gasteiger partial charge in [-0.2, -0.15) is 0 Å². The summed E-state index contributed by atoms with van der Waals surface area (Å²) in [6.07, 6.45) is 0. The summed E-state index contributed by atoms with van der Waals surface area (Å²) in [5.74, 6) is 0.417. The highest BCUT2D eigenvalue weighted by molar-refractivity contribution is 9.10. The van der Waals surface area contributed by atoms with Crippen molar-refractivity contribution in [1.82, 2.24) is 4.98 Å². The summed E-state index contributed by atoms with van der Waals surface area (Å²) in [4.78, 5) is 14.7. The lowest BCUT2D eigenvalue weighted by Crippen LogP contribution is -2.04. The molecule has 0 aliphatic carbocycles. The van der Waals surface area contributed by atoms with Gasteiger partial charge in [0.05, 0.1) is 17.1 Å². The van der Waals surface area contributed by atoms with Gasteiger partial charge >= 0.3 is 0 Å². The zero-order chi connectivity index (χ0) is 15.4. The third-order valence-electron chi connectivity index (χ3n) is 2.85. The summed E-state index contributed by atoms with van der Waals surface area (Å²) in [5, 5.41) is 20.3. The number of aryl methyl sites for hydroxylation is 1. The van der Waals surface area contributed by atoms with E-state index in [9.17, 15) is 15.2 Å². The van der Waals surface area contributed by atoms with Gasteiger partial charge in [0.25, 0.3) is 5.69 Å². The number of benzene rings is 1. The van der Waals surface area contributed by atoms with Crippen LogP contribution >= 0.6 is 15.9 Å². The highest BCUT2D eigenvalue weighted by atomic mass is 79.9. The third-order valence-corrected chi connectivity index (χ3v) is 3.34. The first-order valence-electron chi connectivity index (χ1n) is 6.14. The molecule has 0 amide bonds. The number of aliphatic hydroxyl groups excluding tert-OH is 1. The molecular weight excluding hydrogens is 340 g/mol. The Hall–Kier alpha value is -1.99. The van der Waals surface area contributed by atoms with Gasteiger partial charge in [-0.1, -0.05) is 15.9 Å². The second-order valence-electron chi connectivity index (χ2n) is 4.37. The minimum Gasteiger partial charge on any atom is -0.487 e. The molecular formula is C14H13BrN2O4. The SMILES string of the molecule is Cc1ccc(OCc2ccc(Br)cc2[N+](=O)[O-])c(CO)n1. The van der Waals surface area contributed by atoms with Crippen molar-refractivity contribution in [3.8, 4) is 5.75 Å². The number of nitrogens with zero attached hydrogens (tertiary/aromatic N) is 2. The van der Waals surface area contributed by atoms with Crippen LogP contribution in [0.25, 0.3) is 0 Å². The quantitative estimate of drug-likeness (QED) is 0.659. The van der Waals surface area contributed by atoms with Crippen LogP contribution in [-0.2, 0) is 13.2 Å². The molecule has 6 nitrogen and oxygen atoms in total. The van der Waals surface area contributed by atoms with Gasteiger partial charge in [0.2, 0.25) is 0 Å². The van der Waals surface area contributed by atoms with E-state index in [0.29, 0.717) is 21.5 Å². The molecule has 0 saturated heterocycles. The van der Waals surface area contributed by atoms with Crippen LogP contribution < -0.4 is 4.74 Å². The van der Waals surface area contributed by atoms with Crippen molar-refractivity contribution in [2.24, 2.45) is 0 Å². The maximum atomic E-state index is 11.0. The molecule has 0 aliphatic heterocycles. The maximum absolute atomic E-state index is 11.0. The monoisotopic (exact) mass is 352 g/mol. The Morgan fingerprint density at radius 1 is 1.38 bits per heavy atom. The number of nitro benzene ring substituents is 1. The molecule has 0 spiro atoms. The van der Waals surface area contributed by atoms with E-state index >= 15 is 0 Å². The fourth-order valence-corrected chi connectivity index (χ4v) is 2.18. The van der Waals surface area contributed by atoms with Crippen LogP contribution in [0.15, 0.2) is 34.8 Å². The van der Waals surface area contributed by atoms with Crippen LogP contribution in [0.1, 0.15) is 17.0 Å². The summed E-state index contributed by atoms with van der Waals surface area (Å²) in [5.41, 5.74) is 1.61. The van der Waals surface area contributed by atoms with Gasteiger partial charge in [-0.05, 0) is 31.2 Å². The summed E-state index contributed by atoms with van der Waals surface area (Å²) in [6, 6.07) is 8.22. The first-order valence-corrected chi connectivity index (χ1v) is 6.93. The van der Waals surface area contributed by atoms with E-state index in [1.807, 2.05) is 6.92 Å². The van der Waals surface area contributed by atoms with Crippen LogP contribution in [-0.4, -0.2) is 15.0 Å². The standard InChI is InChI=1S/C14H13BrN2O4/c1-9-2-5-14(12(7-18)16-9)21-8-10-3-4-11(15)6-13(10)17(19)20/h2-6,18H,7-8H2,1H3. The fourth-order valence-electron chi connectivity index (χ4n) is 1.83. The molecule has 1 N–H and O–H groups in total. The number of halogens is 1. The Bertz CT molecular complexity index is 676. The summed E-state index contributed by atoms with van der Waals surface area (Å²) >= 11 is 3.20. The van der Waals surface area contributed by atoms with Crippen LogP contribution in [0, 0.1) is 17.0 Å². The minimum absolute atomic E-state index is 0.0185. The third kappa shape index (κ3) is 3.77. The lowest BCUT2D eigenvalue weighted by molar-refractivity contribution is -0.385. The van der Waals surface area contributed by atoms with E-state index in [2.05, 4.69) is 20.9 Å². The lowest BCUT2D eigenvalue weighted by Gasteiger charge is -2.10. The van der Waals surface area contributed by atoms with Crippen molar-refractivity contribution in [2.45, 2.75) is 20.1 Å². The van der Waals surface area contributed by atoms with Gasteiger partial charge in [-0.15, -0.1) is 0 Å². The predicted molar refractivity (Wildman–Crippen MR) is 80.0 cm³/mol. The first kappa shape index (κ1) is 15.4. The average molecular weight is 353 g/mol. The number of rotatable bonds is 5. The Morgan fingerprint density at radius 3 is 2.81 bits per heavy atom. The smallest absolute Gasteiger partial charge is 0.277 e. The molecule has 7 heteroatoms. The summed E-state index contributed by atoms with van der Waals surface area (Å²) in [6.45, 7) is 1.59. The van der Waals surface area contributed by atoms with Crippen molar-refractivity contribution in [1.29, 1.82) is 0 Å². The number of nitro groups is 1. The summed E-state index contributed by atoms with van der Waals surface area (Å²) < 4.78 is 6.19. The predicted octanol–water partition coefficient (Wildman–Crippen LogP) is 3.13. The molecule has 1 aromatic heterocycles.